The Morgan fingerprint density at radius 2 is 2.12 bits per heavy atom. The lowest BCUT2D eigenvalue weighted by Gasteiger charge is -2.18. The second-order valence-corrected chi connectivity index (χ2v) is 5.44. The maximum absolute atomic E-state index is 4.07. The Bertz CT molecular complexity index is 455. The number of hydrogen-bond acceptors (Lipinski definition) is 3. The normalized spacial score (nSPS) is 12.6. The molecule has 1 N–H and O–H groups in total. The van der Waals surface area contributed by atoms with Crippen molar-refractivity contribution in [1.82, 2.24) is 10.3 Å². The van der Waals surface area contributed by atoms with Gasteiger partial charge in [-0.05, 0) is 57.5 Å². The van der Waals surface area contributed by atoms with Crippen LogP contribution >= 0.6 is 27.3 Å². The first-order valence-corrected chi connectivity index (χ1v) is 7.41. The van der Waals surface area contributed by atoms with Crippen LogP contribution in [0.1, 0.15) is 30.5 Å². The Morgan fingerprint density at radius 3 is 2.71 bits per heavy atom. The number of hydrogen-bond donors (Lipinski definition) is 1. The predicted octanol–water partition coefficient (Wildman–Crippen LogP) is 3.99. The average Bonchev–Trinajstić information content (AvgIpc) is 2.78. The molecule has 90 valence electrons. The van der Waals surface area contributed by atoms with Gasteiger partial charge >= 0.3 is 0 Å². The molecule has 0 fully saturated rings. The van der Waals surface area contributed by atoms with Crippen LogP contribution in [-0.2, 0) is 0 Å². The fourth-order valence-corrected chi connectivity index (χ4v) is 3.30. The smallest absolute Gasteiger partial charge is 0.0597 e. The van der Waals surface area contributed by atoms with Crippen molar-refractivity contribution >= 4 is 27.3 Å². The molecular formula is C13H15BrN2S. The monoisotopic (exact) mass is 310 g/mol. The van der Waals surface area contributed by atoms with Crippen molar-refractivity contribution < 1.29 is 0 Å². The van der Waals surface area contributed by atoms with Crippen molar-refractivity contribution in [2.24, 2.45) is 0 Å². The van der Waals surface area contributed by atoms with Crippen molar-refractivity contribution in [1.29, 1.82) is 0 Å². The maximum atomic E-state index is 4.07. The molecule has 0 saturated heterocycles. The molecule has 0 saturated carbocycles. The third-order valence-electron chi connectivity index (χ3n) is 2.59. The first-order chi connectivity index (χ1) is 8.33. The van der Waals surface area contributed by atoms with Gasteiger partial charge < -0.3 is 5.32 Å². The molecule has 0 bridgehead atoms. The van der Waals surface area contributed by atoms with Crippen LogP contribution in [0.5, 0.6) is 0 Å². The molecule has 0 spiro atoms. The van der Waals surface area contributed by atoms with E-state index in [9.17, 15) is 0 Å². The van der Waals surface area contributed by atoms with Crippen molar-refractivity contribution in [2.45, 2.75) is 19.4 Å². The summed E-state index contributed by atoms with van der Waals surface area (Å²) in [6, 6.07) is 4.38. The number of nitrogens with one attached hydrogen (secondary N) is 1. The van der Waals surface area contributed by atoms with E-state index in [2.05, 4.69) is 56.0 Å². The topological polar surface area (TPSA) is 24.9 Å². The summed E-state index contributed by atoms with van der Waals surface area (Å²) in [7, 11) is 0. The number of pyridine rings is 1. The van der Waals surface area contributed by atoms with Gasteiger partial charge in [0.05, 0.1) is 6.04 Å². The molecular weight excluding hydrogens is 296 g/mol. The lowest BCUT2D eigenvalue weighted by Crippen LogP contribution is -2.23. The molecule has 0 aliphatic carbocycles. The molecule has 0 aliphatic rings. The van der Waals surface area contributed by atoms with E-state index >= 15 is 0 Å². The summed E-state index contributed by atoms with van der Waals surface area (Å²) in [6.07, 6.45) is 4.82. The minimum absolute atomic E-state index is 0.249. The number of halogens is 1. The number of thiophene rings is 1. The van der Waals surface area contributed by atoms with Crippen LogP contribution in [-0.4, -0.2) is 11.5 Å². The van der Waals surface area contributed by atoms with Gasteiger partial charge in [0.25, 0.3) is 0 Å². The van der Waals surface area contributed by atoms with Gasteiger partial charge in [0, 0.05) is 22.2 Å². The largest absolute Gasteiger partial charge is 0.306 e. The second kappa shape index (κ2) is 6.28. The van der Waals surface area contributed by atoms with E-state index < -0.39 is 0 Å². The standard InChI is InChI=1S/C13H15BrN2S/c1-2-5-16-13(10-3-6-15-7-4-10)11-8-17-9-12(11)14/h3-4,6-9,13,16H,2,5H2,1H3. The SMILES string of the molecule is CCCNC(c1ccncc1)c1cscc1Br. The molecule has 17 heavy (non-hydrogen) atoms. The van der Waals surface area contributed by atoms with E-state index in [0.717, 1.165) is 13.0 Å². The quantitative estimate of drug-likeness (QED) is 0.903. The van der Waals surface area contributed by atoms with Gasteiger partial charge in [0.2, 0.25) is 0 Å². The summed E-state index contributed by atoms with van der Waals surface area (Å²) in [6.45, 7) is 3.19. The van der Waals surface area contributed by atoms with E-state index in [4.69, 9.17) is 0 Å². The molecule has 2 heterocycles. The van der Waals surface area contributed by atoms with Crippen molar-refractivity contribution in [2.75, 3.05) is 6.54 Å². The Labute approximate surface area is 114 Å². The fraction of sp³-hybridized carbons (Fsp3) is 0.308. The zero-order chi connectivity index (χ0) is 12.1. The first kappa shape index (κ1) is 12.7. The fourth-order valence-electron chi connectivity index (χ4n) is 1.75. The van der Waals surface area contributed by atoms with Crippen LogP contribution in [0.3, 0.4) is 0 Å². The lowest BCUT2D eigenvalue weighted by atomic mass is 10.0. The molecule has 2 aromatic heterocycles. The van der Waals surface area contributed by atoms with Gasteiger partial charge in [0.15, 0.2) is 0 Å². The van der Waals surface area contributed by atoms with Crippen LogP contribution in [0, 0.1) is 0 Å². The lowest BCUT2D eigenvalue weighted by molar-refractivity contribution is 0.598. The van der Waals surface area contributed by atoms with E-state index in [1.165, 1.54) is 15.6 Å². The minimum atomic E-state index is 0.249. The zero-order valence-electron chi connectivity index (χ0n) is 9.69. The van der Waals surface area contributed by atoms with Crippen molar-refractivity contribution in [3.8, 4) is 0 Å². The Balaban J connectivity index is 2.29. The molecule has 2 aromatic rings. The summed E-state index contributed by atoms with van der Waals surface area (Å²) < 4.78 is 1.17. The Kier molecular flexibility index (Phi) is 4.71. The van der Waals surface area contributed by atoms with Crippen LogP contribution in [0.25, 0.3) is 0 Å². The van der Waals surface area contributed by atoms with Gasteiger partial charge in [-0.1, -0.05) is 6.92 Å². The maximum Gasteiger partial charge on any atom is 0.0597 e. The molecule has 0 aliphatic heterocycles. The Morgan fingerprint density at radius 1 is 1.35 bits per heavy atom. The first-order valence-electron chi connectivity index (χ1n) is 5.67. The third-order valence-corrected chi connectivity index (χ3v) is 4.34. The van der Waals surface area contributed by atoms with E-state index in [-0.39, 0.29) is 6.04 Å². The van der Waals surface area contributed by atoms with E-state index in [1.807, 2.05) is 12.4 Å². The number of rotatable bonds is 5. The van der Waals surface area contributed by atoms with Gasteiger partial charge in [-0.25, -0.2) is 0 Å². The zero-order valence-corrected chi connectivity index (χ0v) is 12.1. The highest BCUT2D eigenvalue weighted by Crippen LogP contribution is 2.31. The van der Waals surface area contributed by atoms with Gasteiger partial charge in [0.1, 0.15) is 0 Å². The van der Waals surface area contributed by atoms with E-state index in [1.54, 1.807) is 11.3 Å². The highest BCUT2D eigenvalue weighted by atomic mass is 79.9. The van der Waals surface area contributed by atoms with Crippen molar-refractivity contribution in [3.63, 3.8) is 0 Å². The van der Waals surface area contributed by atoms with Crippen LogP contribution in [0.2, 0.25) is 0 Å². The molecule has 1 unspecified atom stereocenters. The summed E-state index contributed by atoms with van der Waals surface area (Å²) in [4.78, 5) is 4.07. The third kappa shape index (κ3) is 3.15. The summed E-state index contributed by atoms with van der Waals surface area (Å²) in [5, 5.41) is 7.89. The van der Waals surface area contributed by atoms with Crippen LogP contribution in [0.15, 0.2) is 39.8 Å². The minimum Gasteiger partial charge on any atom is -0.306 e. The molecule has 2 rings (SSSR count). The number of aromatic nitrogens is 1. The molecule has 0 aromatic carbocycles. The molecule has 2 nitrogen and oxygen atoms in total. The molecule has 0 radical (unpaired) electrons. The van der Waals surface area contributed by atoms with E-state index in [0.29, 0.717) is 0 Å². The number of nitrogens with zero attached hydrogens (tertiary/aromatic N) is 1. The summed E-state index contributed by atoms with van der Waals surface area (Å²) in [5.41, 5.74) is 2.56. The molecule has 4 heteroatoms. The van der Waals surface area contributed by atoms with Gasteiger partial charge in [-0.2, -0.15) is 11.3 Å². The van der Waals surface area contributed by atoms with Crippen LogP contribution in [0.4, 0.5) is 0 Å². The van der Waals surface area contributed by atoms with Crippen molar-refractivity contribution in [3.05, 3.63) is 50.9 Å². The van der Waals surface area contributed by atoms with Gasteiger partial charge in [-0.15, -0.1) is 0 Å². The summed E-state index contributed by atoms with van der Waals surface area (Å²) in [5.74, 6) is 0. The predicted molar refractivity (Wildman–Crippen MR) is 76.4 cm³/mol. The van der Waals surface area contributed by atoms with Crippen LogP contribution < -0.4 is 5.32 Å². The second-order valence-electron chi connectivity index (χ2n) is 3.84. The highest BCUT2D eigenvalue weighted by molar-refractivity contribution is 9.10. The highest BCUT2D eigenvalue weighted by Gasteiger charge is 2.16. The Hall–Kier alpha value is -0.710. The molecule has 1 atom stereocenters. The summed E-state index contributed by atoms with van der Waals surface area (Å²) >= 11 is 5.33. The van der Waals surface area contributed by atoms with Gasteiger partial charge in [-0.3, -0.25) is 4.98 Å². The average molecular weight is 311 g/mol. The molecule has 0 amide bonds.